The summed E-state index contributed by atoms with van der Waals surface area (Å²) >= 11 is 0. The number of benzene rings is 1. The highest BCUT2D eigenvalue weighted by Crippen LogP contribution is 2.34. The van der Waals surface area contributed by atoms with E-state index in [1.807, 2.05) is 6.92 Å². The second-order valence-electron chi connectivity index (χ2n) is 5.00. The molecule has 112 valence electrons. The first-order chi connectivity index (χ1) is 9.40. The van der Waals surface area contributed by atoms with Gasteiger partial charge in [0.25, 0.3) is 0 Å². The summed E-state index contributed by atoms with van der Waals surface area (Å²) in [5, 5.41) is 2.62. The minimum atomic E-state index is -3.95. The molecule has 0 bridgehead atoms. The van der Waals surface area contributed by atoms with Crippen molar-refractivity contribution in [3.05, 3.63) is 29.3 Å². The number of sulfonamides is 1. The smallest absolute Gasteiger partial charge is 0.243 e. The Morgan fingerprint density at radius 2 is 2.05 bits per heavy atom. The van der Waals surface area contributed by atoms with E-state index in [4.69, 9.17) is 0 Å². The number of rotatable bonds is 6. The van der Waals surface area contributed by atoms with Crippen LogP contribution in [0, 0.1) is 17.6 Å². The number of nitrogens with one attached hydrogen (secondary N) is 2. The van der Waals surface area contributed by atoms with Crippen LogP contribution in [0.15, 0.2) is 17.0 Å². The Hall–Kier alpha value is -1.05. The second-order valence-corrected chi connectivity index (χ2v) is 6.68. The van der Waals surface area contributed by atoms with Crippen molar-refractivity contribution < 1.29 is 17.2 Å². The first kappa shape index (κ1) is 15.3. The van der Waals surface area contributed by atoms with Gasteiger partial charge in [0, 0.05) is 18.2 Å². The highest BCUT2D eigenvalue weighted by molar-refractivity contribution is 7.89. The van der Waals surface area contributed by atoms with Gasteiger partial charge in [-0.05, 0) is 31.5 Å². The van der Waals surface area contributed by atoms with Crippen molar-refractivity contribution in [3.63, 3.8) is 0 Å². The van der Waals surface area contributed by atoms with Crippen molar-refractivity contribution in [3.8, 4) is 0 Å². The van der Waals surface area contributed by atoms with Crippen molar-refractivity contribution in [2.24, 2.45) is 5.92 Å². The van der Waals surface area contributed by atoms with Crippen LogP contribution in [0.5, 0.6) is 0 Å². The molecule has 1 saturated carbocycles. The van der Waals surface area contributed by atoms with E-state index >= 15 is 0 Å². The topological polar surface area (TPSA) is 58.2 Å². The molecule has 20 heavy (non-hydrogen) atoms. The molecule has 1 aromatic carbocycles. The summed E-state index contributed by atoms with van der Waals surface area (Å²) in [7, 11) is -2.41. The van der Waals surface area contributed by atoms with Gasteiger partial charge in [-0.3, -0.25) is 0 Å². The molecule has 0 saturated heterocycles. The van der Waals surface area contributed by atoms with E-state index in [0.717, 1.165) is 25.0 Å². The summed E-state index contributed by atoms with van der Waals surface area (Å²) < 4.78 is 54.4. The van der Waals surface area contributed by atoms with Crippen LogP contribution in [-0.4, -0.2) is 21.5 Å². The minimum absolute atomic E-state index is 0.0674. The molecule has 0 aliphatic heterocycles. The lowest BCUT2D eigenvalue weighted by atomic mass is 10.2. The predicted octanol–water partition coefficient (Wildman–Crippen LogP) is 1.76. The summed E-state index contributed by atoms with van der Waals surface area (Å²) in [5.74, 6) is -1.47. The van der Waals surface area contributed by atoms with Crippen molar-refractivity contribution in [1.82, 2.24) is 10.0 Å². The van der Waals surface area contributed by atoms with E-state index < -0.39 is 26.6 Å². The summed E-state index contributed by atoms with van der Waals surface area (Å²) in [6, 6.07) is 1.81. The van der Waals surface area contributed by atoms with Gasteiger partial charge < -0.3 is 5.32 Å². The van der Waals surface area contributed by atoms with Crippen LogP contribution in [0.1, 0.15) is 25.3 Å². The zero-order valence-corrected chi connectivity index (χ0v) is 12.2. The first-order valence-corrected chi connectivity index (χ1v) is 8.02. The van der Waals surface area contributed by atoms with Crippen molar-refractivity contribution >= 4 is 10.0 Å². The first-order valence-electron chi connectivity index (χ1n) is 6.54. The Kier molecular flexibility index (Phi) is 4.41. The zero-order valence-electron chi connectivity index (χ0n) is 11.4. The van der Waals surface area contributed by atoms with E-state index in [0.29, 0.717) is 5.92 Å². The lowest BCUT2D eigenvalue weighted by Gasteiger charge is -2.11. The van der Waals surface area contributed by atoms with E-state index in [1.54, 1.807) is 0 Å². The van der Waals surface area contributed by atoms with Crippen LogP contribution in [-0.2, 0) is 16.6 Å². The zero-order chi connectivity index (χ0) is 14.9. The number of hydrogen-bond donors (Lipinski definition) is 2. The fourth-order valence-electron chi connectivity index (χ4n) is 2.23. The van der Waals surface area contributed by atoms with Crippen molar-refractivity contribution in [2.75, 3.05) is 7.05 Å². The van der Waals surface area contributed by atoms with Gasteiger partial charge in [-0.1, -0.05) is 13.3 Å². The van der Waals surface area contributed by atoms with Crippen LogP contribution < -0.4 is 10.0 Å². The normalized spacial score (nSPS) is 22.0. The van der Waals surface area contributed by atoms with Gasteiger partial charge in [-0.25, -0.2) is 21.9 Å². The Balaban J connectivity index is 2.30. The van der Waals surface area contributed by atoms with Gasteiger partial charge in [0.05, 0.1) is 0 Å². The van der Waals surface area contributed by atoms with Crippen LogP contribution in [0.3, 0.4) is 0 Å². The molecule has 7 heteroatoms. The van der Waals surface area contributed by atoms with E-state index in [1.165, 1.54) is 7.05 Å². The largest absolute Gasteiger partial charge is 0.315 e. The van der Waals surface area contributed by atoms with Gasteiger partial charge in [0.1, 0.15) is 10.7 Å². The van der Waals surface area contributed by atoms with Crippen molar-refractivity contribution in [1.29, 1.82) is 0 Å². The summed E-state index contributed by atoms with van der Waals surface area (Å²) in [4.78, 5) is -0.495. The van der Waals surface area contributed by atoms with Gasteiger partial charge in [-0.15, -0.1) is 0 Å². The highest BCUT2D eigenvalue weighted by atomic mass is 32.2. The molecule has 1 aliphatic rings. The maximum Gasteiger partial charge on any atom is 0.243 e. The average Bonchev–Trinajstić information content (AvgIpc) is 3.11. The Labute approximate surface area is 117 Å². The maximum absolute atomic E-state index is 14.2. The SMILES string of the molecule is CCC1CC1NS(=O)(=O)c1ccc(F)c(CNC)c1F. The van der Waals surface area contributed by atoms with E-state index in [-0.39, 0.29) is 18.2 Å². The third-order valence-corrected chi connectivity index (χ3v) is 5.05. The van der Waals surface area contributed by atoms with E-state index in [9.17, 15) is 17.2 Å². The summed E-state index contributed by atoms with van der Waals surface area (Å²) in [6.45, 7) is 1.91. The lowest BCUT2D eigenvalue weighted by Crippen LogP contribution is -2.28. The van der Waals surface area contributed by atoms with Crippen LogP contribution in [0.25, 0.3) is 0 Å². The molecule has 2 atom stereocenters. The molecule has 2 N–H and O–H groups in total. The molecule has 0 amide bonds. The second kappa shape index (κ2) is 5.75. The van der Waals surface area contributed by atoms with Gasteiger partial charge in [0.2, 0.25) is 10.0 Å². The molecule has 2 unspecified atom stereocenters. The average molecular weight is 304 g/mol. The molecule has 1 aromatic rings. The van der Waals surface area contributed by atoms with Crippen LogP contribution >= 0.6 is 0 Å². The number of halogens is 2. The summed E-state index contributed by atoms with van der Waals surface area (Å²) in [5.41, 5.74) is -0.266. The fourth-order valence-corrected chi connectivity index (χ4v) is 3.65. The fraction of sp³-hybridized carbons (Fsp3) is 0.538. The Morgan fingerprint density at radius 3 is 2.60 bits per heavy atom. The molecular weight excluding hydrogens is 286 g/mol. The molecule has 1 fully saturated rings. The summed E-state index contributed by atoms with van der Waals surface area (Å²) in [6.07, 6.45) is 1.64. The molecule has 0 radical (unpaired) electrons. The predicted molar refractivity (Wildman–Crippen MR) is 71.6 cm³/mol. The molecule has 4 nitrogen and oxygen atoms in total. The molecule has 0 heterocycles. The monoisotopic (exact) mass is 304 g/mol. The molecule has 1 aliphatic carbocycles. The molecular formula is C13H18F2N2O2S. The molecule has 0 aromatic heterocycles. The van der Waals surface area contributed by atoms with Gasteiger partial charge in [-0.2, -0.15) is 0 Å². The highest BCUT2D eigenvalue weighted by Gasteiger charge is 2.39. The Morgan fingerprint density at radius 1 is 1.35 bits per heavy atom. The minimum Gasteiger partial charge on any atom is -0.315 e. The van der Waals surface area contributed by atoms with Crippen LogP contribution in [0.2, 0.25) is 0 Å². The van der Waals surface area contributed by atoms with Crippen molar-refractivity contribution in [2.45, 2.75) is 37.2 Å². The molecule has 0 spiro atoms. The third-order valence-electron chi connectivity index (χ3n) is 3.55. The van der Waals surface area contributed by atoms with Crippen LogP contribution in [0.4, 0.5) is 8.78 Å². The molecule has 2 rings (SSSR count). The van der Waals surface area contributed by atoms with Gasteiger partial charge in [0.15, 0.2) is 5.82 Å². The third kappa shape index (κ3) is 2.99. The Bertz CT molecular complexity index is 605. The van der Waals surface area contributed by atoms with Gasteiger partial charge >= 0.3 is 0 Å². The number of hydrogen-bond acceptors (Lipinski definition) is 3. The maximum atomic E-state index is 14.2. The standard InChI is InChI=1S/C13H18F2N2O2S/c1-3-8-6-11(8)17-20(18,19)12-5-4-10(14)9(7-16-2)13(12)15/h4-5,8,11,16-17H,3,6-7H2,1-2H3. The lowest BCUT2D eigenvalue weighted by molar-refractivity contribution is 0.517. The van der Waals surface area contributed by atoms with E-state index in [2.05, 4.69) is 10.0 Å². The quantitative estimate of drug-likeness (QED) is 0.842.